The molecule has 0 saturated carbocycles. The van der Waals surface area contributed by atoms with Crippen LogP contribution in [0.1, 0.15) is 465 Å². The van der Waals surface area contributed by atoms with Gasteiger partial charge in [-0.25, -0.2) is 0 Å². The molecule has 0 aliphatic heterocycles. The second-order valence-corrected chi connectivity index (χ2v) is 31.7. The molecule has 618 valence electrons. The second-order valence-electron chi connectivity index (χ2n) is 31.7. The van der Waals surface area contributed by atoms with Gasteiger partial charge in [-0.1, -0.05) is 311 Å². The highest BCUT2D eigenvalue weighted by Crippen LogP contribution is 2.23. The van der Waals surface area contributed by atoms with Gasteiger partial charge >= 0.3 is 23.9 Å². The molecule has 3 N–H and O–H groups in total. The topological polar surface area (TPSA) is 181 Å². The predicted molar refractivity (Wildman–Crippen MR) is 444 cm³/mol. The number of carbonyl (C=O) groups excluding carboxylic acids is 5. The van der Waals surface area contributed by atoms with Crippen LogP contribution in [-0.4, -0.2) is 121 Å². The number of esters is 3. The second kappa shape index (κ2) is 81.5. The maximum Gasteiger partial charge on any atom is 0.306 e. The molecule has 0 unspecified atom stereocenters. The maximum absolute atomic E-state index is 13.2. The average molecular weight is 1480 g/mol. The van der Waals surface area contributed by atoms with E-state index in [9.17, 15) is 28.8 Å². The zero-order valence-electron chi connectivity index (χ0n) is 70.2. The smallest absolute Gasteiger partial charge is 0.306 e. The van der Waals surface area contributed by atoms with Crippen molar-refractivity contribution in [1.82, 2.24) is 20.4 Å². The summed E-state index contributed by atoms with van der Waals surface area (Å²) in [5.41, 5.74) is 0. The molecule has 0 aromatic rings. The first-order chi connectivity index (χ1) is 51.4. The van der Waals surface area contributed by atoms with Crippen LogP contribution in [-0.2, 0) is 43.0 Å². The van der Waals surface area contributed by atoms with Crippen LogP contribution < -0.4 is 10.6 Å². The van der Waals surface area contributed by atoms with Crippen molar-refractivity contribution in [3.8, 4) is 0 Å². The van der Waals surface area contributed by atoms with Gasteiger partial charge in [-0.2, -0.15) is 0 Å². The van der Waals surface area contributed by atoms with Gasteiger partial charge in [0.15, 0.2) is 0 Å². The zero-order valence-corrected chi connectivity index (χ0v) is 70.2. The van der Waals surface area contributed by atoms with E-state index in [1.165, 1.54) is 205 Å². The van der Waals surface area contributed by atoms with Crippen LogP contribution in [0.2, 0.25) is 0 Å². The molecule has 0 heterocycles. The van der Waals surface area contributed by atoms with E-state index in [0.717, 1.165) is 225 Å². The van der Waals surface area contributed by atoms with Gasteiger partial charge in [-0.15, -0.1) is 0 Å². The van der Waals surface area contributed by atoms with Gasteiger partial charge in [0.05, 0.1) is 0 Å². The maximum atomic E-state index is 13.2. The molecule has 14 nitrogen and oxygen atoms in total. The Balaban J connectivity index is 5.48. The van der Waals surface area contributed by atoms with Crippen molar-refractivity contribution >= 4 is 35.7 Å². The highest BCUT2D eigenvalue weighted by molar-refractivity contribution is 5.96. The number of rotatable bonds is 85. The largest absolute Gasteiger partial charge is 0.481 e. The van der Waals surface area contributed by atoms with Gasteiger partial charge in [0.25, 0.3) is 0 Å². The molecule has 14 heteroatoms. The lowest BCUT2D eigenvalue weighted by atomic mass is 10.0. The van der Waals surface area contributed by atoms with Gasteiger partial charge in [0, 0.05) is 64.0 Å². The molecule has 0 aromatic carbocycles. The first kappa shape index (κ1) is 101. The fourth-order valence-electron chi connectivity index (χ4n) is 14.6. The number of nitrogens with one attached hydrogen (secondary N) is 2. The van der Waals surface area contributed by atoms with E-state index in [-0.39, 0.29) is 54.5 Å². The first-order valence-corrected chi connectivity index (χ1v) is 45.9. The third-order valence-electron chi connectivity index (χ3n) is 21.4. The molecule has 0 aliphatic carbocycles. The Hall–Kier alpha value is -3.52. The molecule has 0 bridgehead atoms. The number of hydrogen-bond donors (Lipinski definition) is 3. The summed E-state index contributed by atoms with van der Waals surface area (Å²) < 4.78 is 18.4. The standard InChI is InChI=1S/C91H174N4O10/c1-7-13-19-25-35-49-63-83(64-50-36-26-20-14-8-2)103-89(100)70-56-42-32-46-60-78-94(77-59-45-31-41-55-69-88(98)99)81-75-92-86(96)73-74-87(97)93-76-82-95(79-61-47-33-43-57-71-90(101)104-84(65-51-37-27-21-15-9-3)66-52-38-28-22-16-10-4)80-62-48-34-44-58-72-91(102)105-85(67-53-39-29-23-17-11-5)68-54-40-30-24-18-12-6/h73-74,83-85H,7-72,75-82H2,1-6H3,(H,92,96)(H,93,97)(H,98,99)/b74-73+. The van der Waals surface area contributed by atoms with Crippen molar-refractivity contribution in [2.24, 2.45) is 0 Å². The minimum atomic E-state index is -0.740. The van der Waals surface area contributed by atoms with Crippen LogP contribution in [0.25, 0.3) is 0 Å². The fourth-order valence-corrected chi connectivity index (χ4v) is 14.6. The lowest BCUT2D eigenvalue weighted by Crippen LogP contribution is -2.36. The Bertz CT molecular complexity index is 1840. The molecule has 2 amide bonds. The van der Waals surface area contributed by atoms with Gasteiger partial charge in [-0.3, -0.25) is 28.8 Å². The highest BCUT2D eigenvalue weighted by Gasteiger charge is 2.19. The number of nitrogens with zero attached hydrogens (tertiary/aromatic N) is 2. The number of carboxylic acids is 1. The molecule has 0 atom stereocenters. The number of carboxylic acid groups (broad SMARTS) is 1. The molecule has 0 spiro atoms. The minimum absolute atomic E-state index is 0.0252. The van der Waals surface area contributed by atoms with E-state index in [2.05, 4.69) is 62.0 Å². The Kier molecular flexibility index (Phi) is 78.7. The summed E-state index contributed by atoms with van der Waals surface area (Å²) in [6.45, 7) is 19.6. The molecule has 0 saturated heterocycles. The third-order valence-corrected chi connectivity index (χ3v) is 21.4. The van der Waals surface area contributed by atoms with E-state index in [4.69, 9.17) is 19.3 Å². The lowest BCUT2D eigenvalue weighted by Gasteiger charge is -2.22. The van der Waals surface area contributed by atoms with Crippen LogP contribution in [0, 0.1) is 0 Å². The number of ether oxygens (including phenoxy) is 3. The summed E-state index contributed by atoms with van der Waals surface area (Å²) in [5.74, 6) is -1.40. The van der Waals surface area contributed by atoms with Crippen LogP contribution in [0.4, 0.5) is 0 Å². The third kappa shape index (κ3) is 75.7. The highest BCUT2D eigenvalue weighted by atomic mass is 16.6. The van der Waals surface area contributed by atoms with Crippen LogP contribution >= 0.6 is 0 Å². The van der Waals surface area contributed by atoms with Crippen molar-refractivity contribution < 1.29 is 48.1 Å². The first-order valence-electron chi connectivity index (χ1n) is 45.9. The van der Waals surface area contributed by atoms with Gasteiger partial charge < -0.3 is 39.8 Å². The monoisotopic (exact) mass is 1480 g/mol. The van der Waals surface area contributed by atoms with Crippen molar-refractivity contribution in [3.05, 3.63) is 12.2 Å². The Morgan fingerprint density at radius 2 is 0.448 bits per heavy atom. The molecule has 0 fully saturated rings. The van der Waals surface area contributed by atoms with E-state index in [1.807, 2.05) is 0 Å². The van der Waals surface area contributed by atoms with Crippen LogP contribution in [0.5, 0.6) is 0 Å². The van der Waals surface area contributed by atoms with Gasteiger partial charge in [-0.05, 0) is 155 Å². The number of carbonyl (C=O) groups is 6. The Morgan fingerprint density at radius 1 is 0.257 bits per heavy atom. The van der Waals surface area contributed by atoms with E-state index in [1.54, 1.807) is 0 Å². The van der Waals surface area contributed by atoms with Gasteiger partial charge in [0.2, 0.25) is 11.8 Å². The van der Waals surface area contributed by atoms with Crippen molar-refractivity contribution in [2.75, 3.05) is 52.4 Å². The fraction of sp³-hybridized carbons (Fsp3) is 0.912. The van der Waals surface area contributed by atoms with Crippen LogP contribution in [0.3, 0.4) is 0 Å². The molecular weight excluding hydrogens is 1310 g/mol. The molecule has 0 rings (SSSR count). The molecular formula is C91H174N4O10. The SMILES string of the molecule is CCCCCCCCC(CCCCCCCC)OC(=O)CCCCCCCN(CCCCCCCC(=O)O)CCNC(=O)/C=C/C(=O)NCCN(CCCCCCCC(=O)OC(CCCCCCCC)CCCCCCCC)CCCCCCCC(=O)OC(CCCCCCCC)CCCCCCCC. The summed E-state index contributed by atoms with van der Waals surface area (Å²) in [6.07, 6.45) is 75.3. The van der Waals surface area contributed by atoms with E-state index < -0.39 is 5.97 Å². The molecule has 105 heavy (non-hydrogen) atoms. The molecule has 0 radical (unpaired) electrons. The van der Waals surface area contributed by atoms with Crippen molar-refractivity contribution in [1.29, 1.82) is 0 Å². The van der Waals surface area contributed by atoms with E-state index in [0.29, 0.717) is 51.9 Å². The minimum Gasteiger partial charge on any atom is -0.481 e. The average Bonchev–Trinajstić information content (AvgIpc) is 1.22. The summed E-state index contributed by atoms with van der Waals surface area (Å²) in [5, 5.41) is 15.1. The summed E-state index contributed by atoms with van der Waals surface area (Å²) in [4.78, 5) is 81.5. The number of hydrogen-bond acceptors (Lipinski definition) is 11. The quantitative estimate of drug-likeness (QED) is 0.0227. The number of unbranched alkanes of at least 4 members (excludes halogenated alkanes) is 46. The van der Waals surface area contributed by atoms with Gasteiger partial charge in [0.1, 0.15) is 18.3 Å². The summed E-state index contributed by atoms with van der Waals surface area (Å²) in [6, 6.07) is 0. The normalized spacial score (nSPS) is 11.8. The van der Waals surface area contributed by atoms with Crippen molar-refractivity contribution in [3.63, 3.8) is 0 Å². The summed E-state index contributed by atoms with van der Waals surface area (Å²) in [7, 11) is 0. The van der Waals surface area contributed by atoms with Crippen molar-refractivity contribution in [2.45, 2.75) is 484 Å². The summed E-state index contributed by atoms with van der Waals surface area (Å²) >= 11 is 0. The molecule has 0 aromatic heterocycles. The Labute approximate surface area is 649 Å². The Morgan fingerprint density at radius 3 is 0.667 bits per heavy atom. The predicted octanol–water partition coefficient (Wildman–Crippen LogP) is 25.1. The van der Waals surface area contributed by atoms with Crippen LogP contribution in [0.15, 0.2) is 12.2 Å². The number of aliphatic carboxylic acids is 1. The zero-order chi connectivity index (χ0) is 76.6. The van der Waals surface area contributed by atoms with E-state index >= 15 is 0 Å². The lowest BCUT2D eigenvalue weighted by molar-refractivity contribution is -0.151. The number of amides is 2. The molecule has 0 aliphatic rings.